The van der Waals surface area contributed by atoms with E-state index in [4.69, 9.17) is 5.11 Å². The van der Waals surface area contributed by atoms with Crippen LogP contribution in [0.25, 0.3) is 0 Å². The predicted molar refractivity (Wildman–Crippen MR) is 59.7 cm³/mol. The number of carbonyl (C=O) groups is 2. The zero-order valence-electron chi connectivity index (χ0n) is 9.90. The van der Waals surface area contributed by atoms with Gasteiger partial charge in [0.2, 0.25) is 11.8 Å². The van der Waals surface area contributed by atoms with Gasteiger partial charge in [0.15, 0.2) is 0 Å². The van der Waals surface area contributed by atoms with Crippen molar-refractivity contribution in [2.75, 3.05) is 13.2 Å². The Balaban J connectivity index is 2.56. The Labute approximate surface area is 95.8 Å². The molecule has 5 nitrogen and oxygen atoms in total. The van der Waals surface area contributed by atoms with Crippen LogP contribution < -0.4 is 5.32 Å². The average molecular weight is 228 g/mol. The van der Waals surface area contributed by atoms with E-state index in [0.717, 1.165) is 0 Å². The summed E-state index contributed by atoms with van der Waals surface area (Å²) in [5, 5.41) is 11.5. The lowest BCUT2D eigenvalue weighted by molar-refractivity contribution is -0.136. The molecule has 0 aromatic carbocycles. The first kappa shape index (κ1) is 13.0. The smallest absolute Gasteiger partial charge is 0.245 e. The van der Waals surface area contributed by atoms with Crippen LogP contribution in [0.1, 0.15) is 33.1 Å². The molecule has 1 aliphatic rings. The van der Waals surface area contributed by atoms with Gasteiger partial charge in [0, 0.05) is 25.6 Å². The van der Waals surface area contributed by atoms with Gasteiger partial charge in [0.25, 0.3) is 0 Å². The first-order chi connectivity index (χ1) is 7.56. The first-order valence-electron chi connectivity index (χ1n) is 5.77. The van der Waals surface area contributed by atoms with Crippen molar-refractivity contribution >= 4 is 11.8 Å². The Hall–Kier alpha value is -1.10. The largest absolute Gasteiger partial charge is 0.396 e. The lowest BCUT2D eigenvalue weighted by Crippen LogP contribution is -2.47. The second kappa shape index (κ2) is 5.84. The van der Waals surface area contributed by atoms with Crippen molar-refractivity contribution in [2.45, 2.75) is 45.2 Å². The van der Waals surface area contributed by atoms with E-state index in [9.17, 15) is 9.59 Å². The molecular formula is C11H20N2O3. The molecule has 0 saturated carbocycles. The highest BCUT2D eigenvalue weighted by Gasteiger charge is 2.31. The minimum absolute atomic E-state index is 0.0331. The number of rotatable bonds is 5. The number of aliphatic hydroxyl groups excluding tert-OH is 1. The molecule has 0 radical (unpaired) electrons. The van der Waals surface area contributed by atoms with Gasteiger partial charge in [-0.15, -0.1) is 0 Å². The molecule has 1 saturated heterocycles. The summed E-state index contributed by atoms with van der Waals surface area (Å²) >= 11 is 0. The van der Waals surface area contributed by atoms with Crippen molar-refractivity contribution in [3.8, 4) is 0 Å². The highest BCUT2D eigenvalue weighted by atomic mass is 16.3. The molecule has 92 valence electrons. The Morgan fingerprint density at radius 1 is 1.62 bits per heavy atom. The number of nitrogens with one attached hydrogen (secondary N) is 1. The van der Waals surface area contributed by atoms with Crippen LogP contribution in [-0.2, 0) is 9.59 Å². The summed E-state index contributed by atoms with van der Waals surface area (Å²) in [6.45, 7) is 4.49. The Kier molecular flexibility index (Phi) is 4.73. The second-order valence-corrected chi connectivity index (χ2v) is 4.36. The van der Waals surface area contributed by atoms with Crippen molar-refractivity contribution < 1.29 is 14.7 Å². The van der Waals surface area contributed by atoms with Gasteiger partial charge in [-0.05, 0) is 26.7 Å². The summed E-state index contributed by atoms with van der Waals surface area (Å²) in [6, 6.07) is -0.273. The fraction of sp³-hybridized carbons (Fsp3) is 0.818. The maximum absolute atomic E-state index is 12.1. The van der Waals surface area contributed by atoms with Crippen LogP contribution in [0.3, 0.4) is 0 Å². The number of carbonyl (C=O) groups excluding carboxylic acids is 2. The van der Waals surface area contributed by atoms with Crippen LogP contribution in [0.5, 0.6) is 0 Å². The normalized spacial score (nSPS) is 20.0. The van der Waals surface area contributed by atoms with Crippen LogP contribution >= 0.6 is 0 Å². The molecule has 1 heterocycles. The third-order valence-electron chi connectivity index (χ3n) is 2.76. The summed E-state index contributed by atoms with van der Waals surface area (Å²) < 4.78 is 0. The van der Waals surface area contributed by atoms with Crippen LogP contribution in [0.15, 0.2) is 0 Å². The van der Waals surface area contributed by atoms with Crippen molar-refractivity contribution in [1.82, 2.24) is 10.2 Å². The van der Waals surface area contributed by atoms with Crippen molar-refractivity contribution in [1.29, 1.82) is 0 Å². The first-order valence-corrected chi connectivity index (χ1v) is 5.77. The molecule has 1 rings (SSSR count). The van der Waals surface area contributed by atoms with E-state index in [1.54, 1.807) is 4.90 Å². The quantitative estimate of drug-likeness (QED) is 0.689. The third-order valence-corrected chi connectivity index (χ3v) is 2.76. The Morgan fingerprint density at radius 3 is 2.75 bits per heavy atom. The minimum atomic E-state index is -0.367. The zero-order valence-corrected chi connectivity index (χ0v) is 9.90. The summed E-state index contributed by atoms with van der Waals surface area (Å²) in [4.78, 5) is 24.8. The molecule has 1 fully saturated rings. The van der Waals surface area contributed by atoms with Gasteiger partial charge in [0.1, 0.15) is 6.04 Å². The van der Waals surface area contributed by atoms with Gasteiger partial charge in [0.05, 0.1) is 0 Å². The van der Waals surface area contributed by atoms with Crippen molar-refractivity contribution in [2.24, 2.45) is 0 Å². The van der Waals surface area contributed by atoms with Crippen LogP contribution in [0.4, 0.5) is 0 Å². The van der Waals surface area contributed by atoms with Gasteiger partial charge in [-0.2, -0.15) is 0 Å². The number of amides is 2. The van der Waals surface area contributed by atoms with Crippen LogP contribution in [0, 0.1) is 0 Å². The molecule has 1 aliphatic heterocycles. The van der Waals surface area contributed by atoms with Crippen molar-refractivity contribution in [3.05, 3.63) is 0 Å². The monoisotopic (exact) mass is 228 g/mol. The van der Waals surface area contributed by atoms with Gasteiger partial charge in [-0.1, -0.05) is 0 Å². The molecule has 0 bridgehead atoms. The molecular weight excluding hydrogens is 208 g/mol. The van der Waals surface area contributed by atoms with E-state index in [1.807, 2.05) is 13.8 Å². The third kappa shape index (κ3) is 3.20. The lowest BCUT2D eigenvalue weighted by atomic mass is 10.1. The lowest BCUT2D eigenvalue weighted by Gasteiger charge is -2.29. The molecule has 0 aromatic heterocycles. The molecule has 0 spiro atoms. The zero-order chi connectivity index (χ0) is 12.1. The molecule has 2 N–H and O–H groups in total. The number of hydrogen-bond donors (Lipinski definition) is 2. The highest BCUT2D eigenvalue weighted by Crippen LogP contribution is 2.12. The maximum atomic E-state index is 12.1. The summed E-state index contributed by atoms with van der Waals surface area (Å²) in [5.41, 5.74) is 0. The van der Waals surface area contributed by atoms with E-state index < -0.39 is 0 Å². The molecule has 5 heteroatoms. The fourth-order valence-corrected chi connectivity index (χ4v) is 1.86. The second-order valence-electron chi connectivity index (χ2n) is 4.36. The average Bonchev–Trinajstić information content (AvgIpc) is 2.64. The highest BCUT2D eigenvalue weighted by molar-refractivity contribution is 5.90. The van der Waals surface area contributed by atoms with E-state index in [2.05, 4.69) is 5.32 Å². The summed E-state index contributed by atoms with van der Waals surface area (Å²) in [7, 11) is 0. The van der Waals surface area contributed by atoms with E-state index in [0.29, 0.717) is 25.8 Å². The Morgan fingerprint density at radius 2 is 2.31 bits per heavy atom. The standard InChI is InChI=1S/C11H20N2O3/c1-8(2)13(6-3-7-14)11(16)9-4-5-10(15)12-9/h8-9,14H,3-7H2,1-2H3,(H,12,15). The summed E-state index contributed by atoms with van der Waals surface area (Å²) in [6.07, 6.45) is 1.59. The minimum Gasteiger partial charge on any atom is -0.396 e. The van der Waals surface area contributed by atoms with Gasteiger partial charge < -0.3 is 15.3 Å². The molecule has 1 unspecified atom stereocenters. The molecule has 2 amide bonds. The maximum Gasteiger partial charge on any atom is 0.245 e. The predicted octanol–water partition coefficient (Wildman–Crippen LogP) is -0.116. The number of aliphatic hydroxyl groups is 1. The SMILES string of the molecule is CC(C)N(CCCO)C(=O)C1CCC(=O)N1. The van der Waals surface area contributed by atoms with Gasteiger partial charge in [-0.3, -0.25) is 9.59 Å². The summed E-state index contributed by atoms with van der Waals surface area (Å²) in [5.74, 6) is -0.0847. The van der Waals surface area contributed by atoms with Crippen molar-refractivity contribution in [3.63, 3.8) is 0 Å². The van der Waals surface area contributed by atoms with Gasteiger partial charge >= 0.3 is 0 Å². The fourth-order valence-electron chi connectivity index (χ4n) is 1.86. The topological polar surface area (TPSA) is 69.6 Å². The van der Waals surface area contributed by atoms with Crippen LogP contribution in [-0.4, -0.2) is 47.1 Å². The van der Waals surface area contributed by atoms with E-state index >= 15 is 0 Å². The Bertz CT molecular complexity index is 266. The molecule has 1 atom stereocenters. The van der Waals surface area contributed by atoms with E-state index in [1.165, 1.54) is 0 Å². The number of hydrogen-bond acceptors (Lipinski definition) is 3. The number of nitrogens with zero attached hydrogens (tertiary/aromatic N) is 1. The van der Waals surface area contributed by atoms with E-state index in [-0.39, 0.29) is 30.5 Å². The molecule has 16 heavy (non-hydrogen) atoms. The van der Waals surface area contributed by atoms with Crippen LogP contribution in [0.2, 0.25) is 0 Å². The molecule has 0 aromatic rings. The molecule has 0 aliphatic carbocycles. The van der Waals surface area contributed by atoms with Gasteiger partial charge in [-0.25, -0.2) is 0 Å².